The summed E-state index contributed by atoms with van der Waals surface area (Å²) in [6.45, 7) is 3.98. The third-order valence-corrected chi connectivity index (χ3v) is 9.05. The molecule has 8 nitrogen and oxygen atoms in total. The number of likely N-dealkylation sites (tertiary alicyclic amines) is 1. The number of hydrogen-bond acceptors (Lipinski definition) is 7. The van der Waals surface area contributed by atoms with E-state index in [1.165, 1.54) is 0 Å². The molecule has 4 heterocycles. The second-order valence-electron chi connectivity index (χ2n) is 7.59. The van der Waals surface area contributed by atoms with Crippen molar-refractivity contribution in [1.82, 2.24) is 19.4 Å². The molecule has 2 aliphatic rings. The van der Waals surface area contributed by atoms with E-state index >= 15 is 0 Å². The molecule has 2 aromatic heterocycles. The second-order valence-corrected chi connectivity index (χ2v) is 10.6. The third kappa shape index (κ3) is 4.10. The van der Waals surface area contributed by atoms with Gasteiger partial charge in [0.1, 0.15) is 4.21 Å². The Morgan fingerprint density at radius 2 is 1.93 bits per heavy atom. The van der Waals surface area contributed by atoms with Crippen molar-refractivity contribution < 1.29 is 17.6 Å². The zero-order valence-electron chi connectivity index (χ0n) is 16.5. The molecule has 2 aromatic rings. The summed E-state index contributed by atoms with van der Waals surface area (Å²) in [6, 6.07) is 1.63. The van der Waals surface area contributed by atoms with Crippen molar-refractivity contribution in [3.05, 3.63) is 17.3 Å². The van der Waals surface area contributed by atoms with Crippen LogP contribution >= 0.6 is 11.3 Å². The van der Waals surface area contributed by atoms with Crippen LogP contribution in [0.15, 0.2) is 20.1 Å². The summed E-state index contributed by atoms with van der Waals surface area (Å²) in [5, 5.41) is 9.56. The Bertz CT molecular complexity index is 963. The maximum absolute atomic E-state index is 13.1. The van der Waals surface area contributed by atoms with Crippen LogP contribution in [0.3, 0.4) is 0 Å². The van der Waals surface area contributed by atoms with Crippen LogP contribution in [0, 0.1) is 0 Å². The number of nitrogens with zero attached hydrogens (tertiary/aromatic N) is 4. The largest absolute Gasteiger partial charge is 0.412 e. The molecule has 1 amide bonds. The molecule has 0 spiro atoms. The van der Waals surface area contributed by atoms with Crippen molar-refractivity contribution in [3.8, 4) is 11.5 Å². The first kappa shape index (κ1) is 20.5. The minimum absolute atomic E-state index is 0.0421. The van der Waals surface area contributed by atoms with Gasteiger partial charge in [0, 0.05) is 31.1 Å². The van der Waals surface area contributed by atoms with Gasteiger partial charge in [-0.05, 0) is 44.6 Å². The van der Waals surface area contributed by atoms with Gasteiger partial charge in [0.15, 0.2) is 0 Å². The van der Waals surface area contributed by atoms with E-state index in [9.17, 15) is 13.2 Å². The number of hydrogen-bond donors (Lipinski definition) is 0. The fourth-order valence-corrected chi connectivity index (χ4v) is 7.08. The summed E-state index contributed by atoms with van der Waals surface area (Å²) in [5.74, 6) is -0.126. The predicted molar refractivity (Wildman–Crippen MR) is 109 cm³/mol. The van der Waals surface area contributed by atoms with Crippen molar-refractivity contribution in [2.45, 2.75) is 62.1 Å². The summed E-state index contributed by atoms with van der Waals surface area (Å²) in [7, 11) is -3.55. The van der Waals surface area contributed by atoms with Gasteiger partial charge in [0.2, 0.25) is 5.89 Å². The molecule has 0 aliphatic carbocycles. The minimum atomic E-state index is -3.55. The van der Waals surface area contributed by atoms with Crippen molar-refractivity contribution in [2.75, 3.05) is 19.6 Å². The molecular formula is C19H26N4O4S2. The molecule has 0 aromatic carbocycles. The van der Waals surface area contributed by atoms with E-state index in [2.05, 4.69) is 10.2 Å². The quantitative estimate of drug-likeness (QED) is 0.710. The zero-order chi connectivity index (χ0) is 20.4. The van der Waals surface area contributed by atoms with Crippen molar-refractivity contribution in [3.63, 3.8) is 0 Å². The molecule has 4 rings (SSSR count). The highest BCUT2D eigenvalue weighted by Crippen LogP contribution is 2.33. The lowest BCUT2D eigenvalue weighted by Gasteiger charge is -2.33. The van der Waals surface area contributed by atoms with Crippen LogP contribution in [0.25, 0.3) is 11.5 Å². The fourth-order valence-electron chi connectivity index (χ4n) is 4.04. The molecule has 158 valence electrons. The molecule has 29 heavy (non-hydrogen) atoms. The average Bonchev–Trinajstić information content (AvgIpc) is 3.44. The lowest BCUT2D eigenvalue weighted by molar-refractivity contribution is 0.0684. The van der Waals surface area contributed by atoms with E-state index in [4.69, 9.17) is 4.42 Å². The van der Waals surface area contributed by atoms with Crippen LogP contribution in [0.1, 0.15) is 62.6 Å². The van der Waals surface area contributed by atoms with Gasteiger partial charge in [-0.25, -0.2) is 8.42 Å². The normalized spacial score (nSPS) is 21.4. The first-order chi connectivity index (χ1) is 14.0. The SMILES string of the molecule is CCC1CCCCN1S(=O)(=O)c1cc(-c2nnc(C(=O)N3CCCCC3)o2)cs1. The lowest BCUT2D eigenvalue weighted by atomic mass is 10.0. The van der Waals surface area contributed by atoms with Gasteiger partial charge >= 0.3 is 11.8 Å². The first-order valence-electron chi connectivity index (χ1n) is 10.2. The monoisotopic (exact) mass is 438 g/mol. The highest BCUT2D eigenvalue weighted by Gasteiger charge is 2.34. The number of rotatable bonds is 5. The van der Waals surface area contributed by atoms with Crippen LogP contribution < -0.4 is 0 Å². The summed E-state index contributed by atoms with van der Waals surface area (Å²) in [6.07, 6.45) is 6.75. The highest BCUT2D eigenvalue weighted by molar-refractivity contribution is 7.91. The predicted octanol–water partition coefficient (Wildman–Crippen LogP) is 3.38. The van der Waals surface area contributed by atoms with Gasteiger partial charge in [0.05, 0.1) is 5.56 Å². The molecule has 0 saturated carbocycles. The van der Waals surface area contributed by atoms with Crippen LogP contribution in [0.2, 0.25) is 0 Å². The average molecular weight is 439 g/mol. The van der Waals surface area contributed by atoms with Gasteiger partial charge in [-0.1, -0.05) is 13.3 Å². The van der Waals surface area contributed by atoms with Crippen LogP contribution in [0.5, 0.6) is 0 Å². The number of carbonyl (C=O) groups is 1. The Kier molecular flexibility index (Phi) is 6.03. The zero-order valence-corrected chi connectivity index (χ0v) is 18.2. The topological polar surface area (TPSA) is 96.6 Å². The number of sulfonamides is 1. The molecule has 0 N–H and O–H groups in total. The van der Waals surface area contributed by atoms with Gasteiger partial charge in [-0.15, -0.1) is 21.5 Å². The molecule has 1 atom stereocenters. The van der Waals surface area contributed by atoms with Crippen molar-refractivity contribution >= 4 is 27.3 Å². The van der Waals surface area contributed by atoms with E-state index in [0.717, 1.165) is 56.3 Å². The summed E-state index contributed by atoms with van der Waals surface area (Å²) in [5.41, 5.74) is 0.531. The van der Waals surface area contributed by atoms with E-state index in [1.54, 1.807) is 20.7 Å². The lowest BCUT2D eigenvalue weighted by Crippen LogP contribution is -2.42. The van der Waals surface area contributed by atoms with E-state index in [0.29, 0.717) is 25.2 Å². The number of piperidine rings is 2. The molecule has 2 fully saturated rings. The molecule has 1 unspecified atom stereocenters. The summed E-state index contributed by atoms with van der Waals surface area (Å²) < 4.78 is 33.7. The van der Waals surface area contributed by atoms with Crippen molar-refractivity contribution in [1.29, 1.82) is 0 Å². The Balaban J connectivity index is 1.53. The maximum atomic E-state index is 13.1. The second kappa shape index (κ2) is 8.53. The first-order valence-corrected chi connectivity index (χ1v) is 12.6. The number of thiophene rings is 1. The Morgan fingerprint density at radius 1 is 1.17 bits per heavy atom. The fraction of sp³-hybridized carbons (Fsp3) is 0.632. The van der Waals surface area contributed by atoms with Crippen LogP contribution in [0.4, 0.5) is 0 Å². The smallest absolute Gasteiger partial charge is 0.311 e. The van der Waals surface area contributed by atoms with E-state index < -0.39 is 10.0 Å². The van der Waals surface area contributed by atoms with E-state index in [-0.39, 0.29) is 27.9 Å². The molecule has 0 bridgehead atoms. The Morgan fingerprint density at radius 3 is 2.69 bits per heavy atom. The summed E-state index contributed by atoms with van der Waals surface area (Å²) in [4.78, 5) is 14.2. The van der Waals surface area contributed by atoms with Crippen molar-refractivity contribution in [2.24, 2.45) is 0 Å². The number of carbonyl (C=O) groups excluding carboxylic acids is 1. The van der Waals surface area contributed by atoms with Crippen LogP contribution in [-0.4, -0.2) is 59.4 Å². The molecule has 2 aliphatic heterocycles. The molecule has 2 saturated heterocycles. The molecule has 10 heteroatoms. The highest BCUT2D eigenvalue weighted by atomic mass is 32.2. The molecular weight excluding hydrogens is 412 g/mol. The molecule has 0 radical (unpaired) electrons. The Hall–Kier alpha value is -1.78. The van der Waals surface area contributed by atoms with Gasteiger partial charge < -0.3 is 9.32 Å². The minimum Gasteiger partial charge on any atom is -0.412 e. The van der Waals surface area contributed by atoms with Gasteiger partial charge in [-0.2, -0.15) is 4.31 Å². The van der Waals surface area contributed by atoms with Gasteiger partial charge in [-0.3, -0.25) is 4.79 Å². The standard InChI is InChI=1S/C19H26N4O4S2/c1-2-15-8-4-7-11-23(15)29(25,26)16-12-14(13-28-16)17-20-21-18(27-17)19(24)22-9-5-3-6-10-22/h12-13,15H,2-11H2,1H3. The number of aromatic nitrogens is 2. The Labute approximate surface area is 175 Å². The third-order valence-electron chi connectivity index (χ3n) is 5.68. The number of amides is 1. The van der Waals surface area contributed by atoms with Crippen LogP contribution in [-0.2, 0) is 10.0 Å². The summed E-state index contributed by atoms with van der Waals surface area (Å²) >= 11 is 1.15. The maximum Gasteiger partial charge on any atom is 0.311 e. The van der Waals surface area contributed by atoms with Gasteiger partial charge in [0.25, 0.3) is 10.0 Å². The van der Waals surface area contributed by atoms with E-state index in [1.807, 2.05) is 6.92 Å².